The lowest BCUT2D eigenvalue weighted by Crippen LogP contribution is -2.54. The number of urea groups is 1. The van der Waals surface area contributed by atoms with Gasteiger partial charge >= 0.3 is 6.03 Å². The summed E-state index contributed by atoms with van der Waals surface area (Å²) in [6.07, 6.45) is 2.20. The second-order valence-electron chi connectivity index (χ2n) is 10.4. The molecule has 0 radical (unpaired) electrons. The molecule has 192 valence electrons. The average molecular weight is 495 g/mol. The maximum absolute atomic E-state index is 13.6. The zero-order valence-electron chi connectivity index (χ0n) is 20.9. The Morgan fingerprint density at radius 1 is 1.19 bits per heavy atom. The highest BCUT2D eigenvalue weighted by Gasteiger charge is 2.57. The molecule has 3 N–H and O–H groups in total. The molecule has 1 saturated carbocycles. The molecule has 1 saturated heterocycles. The van der Waals surface area contributed by atoms with Crippen LogP contribution in [0.3, 0.4) is 0 Å². The highest BCUT2D eigenvalue weighted by molar-refractivity contribution is 5.89. The van der Waals surface area contributed by atoms with E-state index in [0.29, 0.717) is 36.0 Å². The molecule has 0 unspecified atom stereocenters. The Hall–Kier alpha value is -3.33. The van der Waals surface area contributed by atoms with Crippen LogP contribution < -0.4 is 20.9 Å². The summed E-state index contributed by atoms with van der Waals surface area (Å²) in [5.74, 6) is 0.182. The van der Waals surface area contributed by atoms with Crippen LogP contribution in [-0.4, -0.2) is 58.9 Å². The molecule has 1 aliphatic carbocycles. The fraction of sp³-hybridized carbons (Fsp3) is 0.519. The number of nitrogens with zero attached hydrogens (tertiary/aromatic N) is 2. The van der Waals surface area contributed by atoms with Crippen molar-refractivity contribution < 1.29 is 19.4 Å². The Labute approximate surface area is 210 Å². The minimum absolute atomic E-state index is 0.127. The van der Waals surface area contributed by atoms with E-state index in [9.17, 15) is 19.5 Å². The minimum Gasteiger partial charge on any atom is -0.497 e. The molecule has 3 amide bonds. The first-order valence-electron chi connectivity index (χ1n) is 12.7. The minimum atomic E-state index is -0.801. The number of aliphatic hydroxyl groups excluding tert-OH is 1. The van der Waals surface area contributed by atoms with Gasteiger partial charge in [-0.25, -0.2) is 4.79 Å². The number of hydrogen-bond acceptors (Lipinski definition) is 5. The number of nitrogens with one attached hydrogen (secondary N) is 2. The Kier molecular flexibility index (Phi) is 6.51. The van der Waals surface area contributed by atoms with Crippen molar-refractivity contribution >= 4 is 11.9 Å². The summed E-state index contributed by atoms with van der Waals surface area (Å²) < 4.78 is 7.01. The summed E-state index contributed by atoms with van der Waals surface area (Å²) >= 11 is 0. The van der Waals surface area contributed by atoms with Crippen LogP contribution in [0, 0.1) is 17.8 Å². The van der Waals surface area contributed by atoms with E-state index in [4.69, 9.17) is 4.74 Å². The standard InChI is InChI=1S/C27H34N4O5/c1-15(2)29-27(35)31-23-20(21(14-32)24(31)25(33)28-12-16-7-8-16)13-30-22(23)10-9-19(26(30)34)17-5-4-6-18(11-17)36-3/h4-6,9-11,15-16,20-21,23-24,32H,7-8,12-14H2,1-3H3,(H,28,33)(H,29,35)/t20-,21-,23+,24-/m1/s1. The molecule has 2 fully saturated rings. The first kappa shape index (κ1) is 24.4. The predicted molar refractivity (Wildman–Crippen MR) is 135 cm³/mol. The lowest BCUT2D eigenvalue weighted by molar-refractivity contribution is -0.126. The molecule has 9 heteroatoms. The summed E-state index contributed by atoms with van der Waals surface area (Å²) in [7, 11) is 1.58. The molecule has 36 heavy (non-hydrogen) atoms. The Morgan fingerprint density at radius 3 is 2.64 bits per heavy atom. The summed E-state index contributed by atoms with van der Waals surface area (Å²) in [4.78, 5) is 41.9. The van der Waals surface area contributed by atoms with E-state index in [0.717, 1.165) is 18.4 Å². The molecule has 3 aliphatic rings. The van der Waals surface area contributed by atoms with Crippen LogP contribution in [0.15, 0.2) is 41.2 Å². The number of benzene rings is 1. The van der Waals surface area contributed by atoms with Crippen molar-refractivity contribution in [3.05, 3.63) is 52.4 Å². The van der Waals surface area contributed by atoms with Crippen molar-refractivity contribution in [3.8, 4) is 16.9 Å². The van der Waals surface area contributed by atoms with Crippen molar-refractivity contribution in [2.24, 2.45) is 17.8 Å². The molecule has 1 aromatic heterocycles. The van der Waals surface area contributed by atoms with Crippen LogP contribution in [0.4, 0.5) is 4.79 Å². The number of aromatic nitrogens is 1. The Bertz CT molecular complexity index is 1220. The van der Waals surface area contributed by atoms with Crippen molar-refractivity contribution in [1.29, 1.82) is 0 Å². The van der Waals surface area contributed by atoms with Crippen LogP contribution in [0.25, 0.3) is 11.1 Å². The number of methoxy groups -OCH3 is 1. The largest absolute Gasteiger partial charge is 0.497 e. The highest BCUT2D eigenvalue weighted by Crippen LogP contribution is 2.49. The van der Waals surface area contributed by atoms with Gasteiger partial charge in [0.1, 0.15) is 11.8 Å². The van der Waals surface area contributed by atoms with Gasteiger partial charge in [0.05, 0.1) is 13.2 Å². The molecule has 1 aromatic carbocycles. The second-order valence-corrected chi connectivity index (χ2v) is 10.4. The van der Waals surface area contributed by atoms with Gasteiger partial charge in [-0.15, -0.1) is 0 Å². The van der Waals surface area contributed by atoms with E-state index in [2.05, 4.69) is 10.6 Å². The third-order valence-corrected chi connectivity index (χ3v) is 7.63. The van der Waals surface area contributed by atoms with Crippen LogP contribution >= 0.6 is 0 Å². The van der Waals surface area contributed by atoms with Gasteiger partial charge in [-0.2, -0.15) is 0 Å². The number of aliphatic hydroxyl groups is 1. The molecule has 5 rings (SSSR count). The maximum atomic E-state index is 13.6. The molecule has 0 spiro atoms. The average Bonchev–Trinajstić information content (AvgIpc) is 3.53. The molecule has 3 heterocycles. The molecule has 4 atom stereocenters. The second kappa shape index (κ2) is 9.61. The molecule has 9 nitrogen and oxygen atoms in total. The lowest BCUT2D eigenvalue weighted by Gasteiger charge is -2.31. The highest BCUT2D eigenvalue weighted by atomic mass is 16.5. The van der Waals surface area contributed by atoms with E-state index in [1.807, 2.05) is 44.2 Å². The van der Waals surface area contributed by atoms with Gasteiger partial charge in [0, 0.05) is 48.8 Å². The van der Waals surface area contributed by atoms with Crippen LogP contribution in [0.2, 0.25) is 0 Å². The Morgan fingerprint density at radius 2 is 1.97 bits per heavy atom. The fourth-order valence-electron chi connectivity index (χ4n) is 5.71. The SMILES string of the molecule is COc1cccc(-c2ccc3n(c2=O)C[C@@H]2[C@@H](CO)[C@H](C(=O)NCC4CC4)N(C(=O)NC(C)C)[C@H]32)c1. The first-order valence-corrected chi connectivity index (χ1v) is 12.7. The zero-order chi connectivity index (χ0) is 25.6. The van der Waals surface area contributed by atoms with E-state index in [1.54, 1.807) is 22.6 Å². The van der Waals surface area contributed by atoms with Gasteiger partial charge in [0.2, 0.25) is 5.91 Å². The topological polar surface area (TPSA) is 113 Å². The summed E-state index contributed by atoms with van der Waals surface area (Å²) in [5.41, 5.74) is 1.81. The molecular formula is C27H34N4O5. The number of likely N-dealkylation sites (tertiary alicyclic amines) is 1. The van der Waals surface area contributed by atoms with Gasteiger partial charge in [-0.05, 0) is 62.4 Å². The van der Waals surface area contributed by atoms with Crippen molar-refractivity contribution in [3.63, 3.8) is 0 Å². The van der Waals surface area contributed by atoms with E-state index in [1.165, 1.54) is 0 Å². The lowest BCUT2D eigenvalue weighted by atomic mass is 9.88. The third-order valence-electron chi connectivity index (χ3n) is 7.63. The number of carbonyl (C=O) groups excluding carboxylic acids is 2. The quantitative estimate of drug-likeness (QED) is 0.546. The van der Waals surface area contributed by atoms with Crippen molar-refractivity contribution in [2.75, 3.05) is 20.3 Å². The third kappa shape index (κ3) is 4.25. The van der Waals surface area contributed by atoms with E-state index in [-0.39, 0.29) is 36.1 Å². The molecule has 2 aromatic rings. The van der Waals surface area contributed by atoms with Crippen LogP contribution in [0.5, 0.6) is 5.75 Å². The van der Waals surface area contributed by atoms with Gasteiger partial charge in [0.25, 0.3) is 5.56 Å². The summed E-state index contributed by atoms with van der Waals surface area (Å²) in [6, 6.07) is 9.22. The van der Waals surface area contributed by atoms with Crippen LogP contribution in [-0.2, 0) is 11.3 Å². The number of ether oxygens (including phenoxy) is 1. The molecular weight excluding hydrogens is 460 g/mol. The molecule has 0 bridgehead atoms. The monoisotopic (exact) mass is 494 g/mol. The van der Waals surface area contributed by atoms with Gasteiger partial charge in [-0.1, -0.05) is 12.1 Å². The number of hydrogen-bond donors (Lipinski definition) is 3. The zero-order valence-corrected chi connectivity index (χ0v) is 20.9. The molecule has 2 aliphatic heterocycles. The number of carbonyl (C=O) groups is 2. The smallest absolute Gasteiger partial charge is 0.318 e. The number of amides is 3. The van der Waals surface area contributed by atoms with E-state index < -0.39 is 18.0 Å². The van der Waals surface area contributed by atoms with Gasteiger partial charge in [-0.3, -0.25) is 9.59 Å². The normalized spacial score (nSPS) is 24.4. The fourth-order valence-corrected chi connectivity index (χ4v) is 5.71. The number of pyridine rings is 1. The number of rotatable bonds is 7. The van der Waals surface area contributed by atoms with Crippen molar-refractivity contribution in [2.45, 2.75) is 51.4 Å². The Balaban J connectivity index is 1.54. The van der Waals surface area contributed by atoms with Gasteiger partial charge < -0.3 is 29.9 Å². The van der Waals surface area contributed by atoms with Gasteiger partial charge in [0.15, 0.2) is 0 Å². The predicted octanol–water partition coefficient (Wildman–Crippen LogP) is 2.13. The van der Waals surface area contributed by atoms with Crippen LogP contribution in [0.1, 0.15) is 38.4 Å². The maximum Gasteiger partial charge on any atom is 0.318 e. The van der Waals surface area contributed by atoms with Crippen molar-refractivity contribution in [1.82, 2.24) is 20.1 Å². The number of fused-ring (bicyclic) bond motifs is 3. The summed E-state index contributed by atoms with van der Waals surface area (Å²) in [5, 5.41) is 16.3. The van der Waals surface area contributed by atoms with E-state index >= 15 is 0 Å². The first-order chi connectivity index (χ1) is 17.3. The summed E-state index contributed by atoms with van der Waals surface area (Å²) in [6.45, 7) is 4.40.